The second-order valence-corrected chi connectivity index (χ2v) is 9.70. The van der Waals surface area contributed by atoms with Crippen molar-refractivity contribution in [2.45, 2.75) is 22.6 Å². The summed E-state index contributed by atoms with van der Waals surface area (Å²) in [6, 6.07) is 22.1. The molecule has 1 aliphatic heterocycles. The number of aromatic nitrogens is 4. The van der Waals surface area contributed by atoms with E-state index in [1.165, 1.54) is 11.8 Å². The largest absolute Gasteiger partial charge is 0.302 e. The number of hydrogen-bond acceptors (Lipinski definition) is 6. The first-order valence-corrected chi connectivity index (χ1v) is 12.9. The van der Waals surface area contributed by atoms with Crippen LogP contribution in [0.2, 0.25) is 0 Å². The van der Waals surface area contributed by atoms with Gasteiger partial charge in [0.05, 0.1) is 17.5 Å². The van der Waals surface area contributed by atoms with Gasteiger partial charge in [-0.25, -0.2) is 0 Å². The van der Waals surface area contributed by atoms with E-state index in [2.05, 4.69) is 40.0 Å². The summed E-state index contributed by atoms with van der Waals surface area (Å²) in [6.45, 7) is 4.43. The molecule has 0 unspecified atom stereocenters. The van der Waals surface area contributed by atoms with Crippen LogP contribution in [0.4, 0.5) is 5.69 Å². The summed E-state index contributed by atoms with van der Waals surface area (Å²) in [6.07, 6.45) is 5.27. The highest BCUT2D eigenvalue weighted by Gasteiger charge is 2.32. The Hall–Kier alpha value is -3.36. The van der Waals surface area contributed by atoms with E-state index in [4.69, 9.17) is 0 Å². The molecule has 1 atom stereocenters. The number of allylic oxidation sites excluding steroid dienone is 1. The monoisotopic (exact) mass is 485 g/mol. The van der Waals surface area contributed by atoms with Crippen molar-refractivity contribution in [2.75, 3.05) is 16.4 Å². The Morgan fingerprint density at radius 2 is 1.82 bits per heavy atom. The van der Waals surface area contributed by atoms with Crippen molar-refractivity contribution in [3.8, 4) is 11.4 Å². The number of carbonyl (C=O) groups excluding carboxylic acids is 1. The molecule has 34 heavy (non-hydrogen) atoms. The molecular formula is C26H23N5OS2. The maximum Gasteiger partial charge on any atom is 0.238 e. The summed E-state index contributed by atoms with van der Waals surface area (Å²) in [5.41, 5.74) is 3.02. The molecule has 4 aromatic rings. The Morgan fingerprint density at radius 3 is 2.62 bits per heavy atom. The number of anilines is 1. The first kappa shape index (κ1) is 22.4. The lowest BCUT2D eigenvalue weighted by molar-refractivity contribution is -0.116. The number of pyridine rings is 1. The molecule has 0 spiro atoms. The van der Waals surface area contributed by atoms with Gasteiger partial charge in [0.2, 0.25) is 5.91 Å². The third-order valence-electron chi connectivity index (χ3n) is 5.58. The topological polar surface area (TPSA) is 63.9 Å². The maximum atomic E-state index is 13.7. The maximum absolute atomic E-state index is 13.7. The Morgan fingerprint density at radius 1 is 1.06 bits per heavy atom. The van der Waals surface area contributed by atoms with Gasteiger partial charge in [-0.15, -0.1) is 28.5 Å². The van der Waals surface area contributed by atoms with Crippen LogP contribution >= 0.6 is 23.5 Å². The van der Waals surface area contributed by atoms with Gasteiger partial charge in [-0.3, -0.25) is 14.3 Å². The van der Waals surface area contributed by atoms with Crippen LogP contribution in [0.1, 0.15) is 11.6 Å². The third-order valence-corrected chi connectivity index (χ3v) is 7.67. The van der Waals surface area contributed by atoms with Crippen molar-refractivity contribution in [3.05, 3.63) is 97.3 Å². The smallest absolute Gasteiger partial charge is 0.238 e. The SMILES string of the molecule is C=CCn1c(SCC(=O)N2c3ccccc3SC[C@H]2c2ccccc2)nnc1-c1ccncc1. The van der Waals surface area contributed by atoms with E-state index in [-0.39, 0.29) is 17.7 Å². The zero-order valence-corrected chi connectivity index (χ0v) is 20.1. The van der Waals surface area contributed by atoms with Gasteiger partial charge < -0.3 is 4.90 Å². The fraction of sp³-hybridized carbons (Fsp3) is 0.154. The molecule has 0 bridgehead atoms. The molecule has 5 rings (SSSR count). The summed E-state index contributed by atoms with van der Waals surface area (Å²) >= 11 is 3.20. The van der Waals surface area contributed by atoms with Gasteiger partial charge in [-0.05, 0) is 29.8 Å². The highest BCUT2D eigenvalue weighted by atomic mass is 32.2. The number of hydrogen-bond donors (Lipinski definition) is 0. The molecule has 0 fully saturated rings. The Bertz CT molecular complexity index is 1290. The summed E-state index contributed by atoms with van der Waals surface area (Å²) in [5, 5.41) is 9.46. The second-order valence-electron chi connectivity index (χ2n) is 7.70. The fourth-order valence-corrected chi connectivity index (χ4v) is 5.99. The van der Waals surface area contributed by atoms with Crippen LogP contribution in [-0.4, -0.2) is 37.2 Å². The van der Waals surface area contributed by atoms with E-state index in [0.717, 1.165) is 33.3 Å². The molecule has 6 nitrogen and oxygen atoms in total. The van der Waals surface area contributed by atoms with Crippen LogP contribution in [0.15, 0.2) is 102 Å². The standard InChI is InChI=1S/C26H23N5OS2/c1-2-16-30-25(20-12-14-27-15-13-20)28-29-26(30)34-18-24(32)31-21-10-6-7-11-23(21)33-17-22(31)19-8-4-3-5-9-19/h2-15,22H,1,16-18H2/t22-/m0/s1. The summed E-state index contributed by atoms with van der Waals surface area (Å²) in [7, 11) is 0. The van der Waals surface area contributed by atoms with Crippen molar-refractivity contribution in [1.29, 1.82) is 0 Å². The zero-order chi connectivity index (χ0) is 23.3. The van der Waals surface area contributed by atoms with Crippen molar-refractivity contribution in [2.24, 2.45) is 0 Å². The van der Waals surface area contributed by atoms with Crippen molar-refractivity contribution in [1.82, 2.24) is 19.7 Å². The predicted octanol–water partition coefficient (Wildman–Crippen LogP) is 5.50. The number of fused-ring (bicyclic) bond motifs is 1. The zero-order valence-electron chi connectivity index (χ0n) is 18.4. The van der Waals surface area contributed by atoms with Gasteiger partial charge in [0.25, 0.3) is 0 Å². The van der Waals surface area contributed by atoms with Gasteiger partial charge in [0.1, 0.15) is 0 Å². The number of nitrogens with zero attached hydrogens (tertiary/aromatic N) is 5. The molecule has 0 radical (unpaired) electrons. The van der Waals surface area contributed by atoms with Gasteiger partial charge >= 0.3 is 0 Å². The lowest BCUT2D eigenvalue weighted by Gasteiger charge is -2.37. The number of para-hydroxylation sites is 1. The summed E-state index contributed by atoms with van der Waals surface area (Å²) in [5.74, 6) is 1.86. The predicted molar refractivity (Wildman–Crippen MR) is 138 cm³/mol. The van der Waals surface area contributed by atoms with Crippen molar-refractivity contribution in [3.63, 3.8) is 0 Å². The molecule has 170 valence electrons. The molecule has 1 amide bonds. The Labute approximate surface area is 207 Å². The number of benzene rings is 2. The molecule has 8 heteroatoms. The first-order valence-electron chi connectivity index (χ1n) is 10.9. The van der Waals surface area contributed by atoms with E-state index in [0.29, 0.717) is 11.7 Å². The lowest BCUT2D eigenvalue weighted by atomic mass is 10.1. The normalized spacial score (nSPS) is 15.1. The van der Waals surface area contributed by atoms with Crippen molar-refractivity contribution < 1.29 is 4.79 Å². The van der Waals surface area contributed by atoms with Crippen LogP contribution in [0.25, 0.3) is 11.4 Å². The molecule has 0 saturated carbocycles. The molecule has 0 aliphatic carbocycles. The number of amides is 1. The second kappa shape index (κ2) is 10.3. The number of carbonyl (C=O) groups is 1. The Balaban J connectivity index is 1.42. The molecule has 2 aromatic carbocycles. The van der Waals surface area contributed by atoms with Crippen LogP contribution in [0.3, 0.4) is 0 Å². The lowest BCUT2D eigenvalue weighted by Crippen LogP contribution is -2.39. The van der Waals surface area contributed by atoms with Crippen LogP contribution < -0.4 is 4.90 Å². The molecule has 0 saturated heterocycles. The molecule has 2 aromatic heterocycles. The van der Waals surface area contributed by atoms with E-state index < -0.39 is 0 Å². The highest BCUT2D eigenvalue weighted by molar-refractivity contribution is 8.00. The first-order chi connectivity index (χ1) is 16.8. The molecule has 1 aliphatic rings. The Kier molecular flexibility index (Phi) is 6.78. The van der Waals surface area contributed by atoms with Crippen LogP contribution in [0, 0.1) is 0 Å². The van der Waals surface area contributed by atoms with Gasteiger partial charge in [0.15, 0.2) is 11.0 Å². The fourth-order valence-electron chi connectivity index (χ4n) is 4.02. The summed E-state index contributed by atoms with van der Waals surface area (Å²) in [4.78, 5) is 20.8. The summed E-state index contributed by atoms with van der Waals surface area (Å²) < 4.78 is 1.98. The minimum Gasteiger partial charge on any atom is -0.302 e. The minimum atomic E-state index is -0.0207. The average molecular weight is 486 g/mol. The quantitative estimate of drug-likeness (QED) is 0.254. The van der Waals surface area contributed by atoms with Gasteiger partial charge in [-0.2, -0.15) is 0 Å². The average Bonchev–Trinajstić information content (AvgIpc) is 3.30. The van der Waals surface area contributed by atoms with E-state index in [9.17, 15) is 4.79 Å². The van der Waals surface area contributed by atoms with E-state index in [1.807, 2.05) is 64.1 Å². The number of rotatable bonds is 7. The highest BCUT2D eigenvalue weighted by Crippen LogP contribution is 2.43. The molecule has 3 heterocycles. The van der Waals surface area contributed by atoms with Crippen LogP contribution in [0.5, 0.6) is 0 Å². The van der Waals surface area contributed by atoms with Gasteiger partial charge in [0, 0.05) is 35.2 Å². The van der Waals surface area contributed by atoms with E-state index >= 15 is 0 Å². The molecule has 0 N–H and O–H groups in total. The van der Waals surface area contributed by atoms with Crippen LogP contribution in [-0.2, 0) is 11.3 Å². The molecular weight excluding hydrogens is 462 g/mol. The minimum absolute atomic E-state index is 0.0207. The third kappa shape index (κ3) is 4.51. The van der Waals surface area contributed by atoms with Gasteiger partial charge in [-0.1, -0.05) is 60.3 Å². The van der Waals surface area contributed by atoms with E-state index in [1.54, 1.807) is 24.2 Å². The number of thioether (sulfide) groups is 2. The van der Waals surface area contributed by atoms with Crippen molar-refractivity contribution >= 4 is 35.1 Å².